The summed E-state index contributed by atoms with van der Waals surface area (Å²) in [6.07, 6.45) is -5.31. The van der Waals surface area contributed by atoms with E-state index < -0.39 is 17.8 Å². The van der Waals surface area contributed by atoms with Crippen molar-refractivity contribution in [1.29, 1.82) is 0 Å². The number of aliphatic hydroxyl groups excluding tert-OH is 1. The maximum atomic E-state index is 12.7. The zero-order valence-electron chi connectivity index (χ0n) is 10.7. The van der Waals surface area contributed by atoms with Crippen LogP contribution in [-0.4, -0.2) is 5.11 Å². The number of hydrogen-bond acceptors (Lipinski definition) is 1. The number of hydrogen-bond donors (Lipinski definition) is 1. The van der Waals surface area contributed by atoms with Crippen LogP contribution in [0.3, 0.4) is 0 Å². The first-order valence-electron chi connectivity index (χ1n) is 6.06. The molecule has 1 unspecified atom stereocenters. The van der Waals surface area contributed by atoms with Gasteiger partial charge in [-0.15, -0.1) is 0 Å². The van der Waals surface area contributed by atoms with Crippen LogP contribution in [-0.2, 0) is 12.6 Å². The molecule has 2 aromatic rings. The summed E-state index contributed by atoms with van der Waals surface area (Å²) in [4.78, 5) is 0. The van der Waals surface area contributed by atoms with Gasteiger partial charge in [-0.3, -0.25) is 0 Å². The van der Waals surface area contributed by atoms with Gasteiger partial charge in [0.05, 0.1) is 11.7 Å². The van der Waals surface area contributed by atoms with Crippen molar-refractivity contribution in [3.8, 4) is 0 Å². The summed E-state index contributed by atoms with van der Waals surface area (Å²) in [7, 11) is 0. The molecule has 1 nitrogen and oxygen atoms in total. The summed E-state index contributed by atoms with van der Waals surface area (Å²) in [6.45, 7) is 0. The Balaban J connectivity index is 2.23. The molecule has 1 atom stereocenters. The van der Waals surface area contributed by atoms with Crippen LogP contribution in [0.1, 0.15) is 22.8 Å². The number of benzene rings is 2. The van der Waals surface area contributed by atoms with Crippen molar-refractivity contribution in [2.75, 3.05) is 0 Å². The number of halogens is 5. The van der Waals surface area contributed by atoms with Crippen LogP contribution < -0.4 is 0 Å². The molecule has 0 aliphatic heterocycles. The standard InChI is InChI=1S/C15H11BrClF3O/c16-11-4-5-13(17)12(8-11)14(21)7-9-2-1-3-10(6-9)15(18,19)20/h1-6,8,14,21H,7H2. The molecular formula is C15H11BrClF3O. The monoisotopic (exact) mass is 378 g/mol. The molecule has 21 heavy (non-hydrogen) atoms. The van der Waals surface area contributed by atoms with Crippen molar-refractivity contribution < 1.29 is 18.3 Å². The Kier molecular flexibility index (Phi) is 4.96. The SMILES string of the molecule is OC(Cc1cccc(C(F)(F)F)c1)c1cc(Br)ccc1Cl. The fourth-order valence-electron chi connectivity index (χ4n) is 1.98. The zero-order valence-corrected chi connectivity index (χ0v) is 13.0. The molecule has 0 heterocycles. The van der Waals surface area contributed by atoms with E-state index in [1.54, 1.807) is 24.3 Å². The van der Waals surface area contributed by atoms with Gasteiger partial charge in [0.2, 0.25) is 0 Å². The normalized spacial score (nSPS) is 13.2. The molecule has 1 N–H and O–H groups in total. The molecule has 0 saturated heterocycles. The Morgan fingerprint density at radius 2 is 1.86 bits per heavy atom. The molecule has 0 radical (unpaired) electrons. The summed E-state index contributed by atoms with van der Waals surface area (Å²) in [5, 5.41) is 10.6. The molecule has 2 rings (SSSR count). The molecule has 0 aromatic heterocycles. The summed E-state index contributed by atoms with van der Waals surface area (Å²) in [6, 6.07) is 9.91. The van der Waals surface area contributed by atoms with Gasteiger partial charge in [-0.25, -0.2) is 0 Å². The molecule has 0 amide bonds. The van der Waals surface area contributed by atoms with Crippen LogP contribution in [0.25, 0.3) is 0 Å². The summed E-state index contributed by atoms with van der Waals surface area (Å²) in [5.41, 5.74) is 0.143. The molecular weight excluding hydrogens is 369 g/mol. The number of rotatable bonds is 3. The first-order chi connectivity index (χ1) is 9.77. The van der Waals surface area contributed by atoms with E-state index in [4.69, 9.17) is 11.6 Å². The Bertz CT molecular complexity index is 643. The highest BCUT2D eigenvalue weighted by atomic mass is 79.9. The fraction of sp³-hybridized carbons (Fsp3) is 0.200. The highest BCUT2D eigenvalue weighted by Crippen LogP contribution is 2.32. The third kappa shape index (κ3) is 4.22. The summed E-state index contributed by atoms with van der Waals surface area (Å²) < 4.78 is 38.7. The summed E-state index contributed by atoms with van der Waals surface area (Å²) >= 11 is 9.27. The van der Waals surface area contributed by atoms with Gasteiger partial charge in [-0.05, 0) is 29.8 Å². The van der Waals surface area contributed by atoms with Gasteiger partial charge in [-0.1, -0.05) is 45.7 Å². The topological polar surface area (TPSA) is 20.2 Å². The van der Waals surface area contributed by atoms with Gasteiger partial charge < -0.3 is 5.11 Å². The minimum Gasteiger partial charge on any atom is -0.388 e. The van der Waals surface area contributed by atoms with E-state index in [0.29, 0.717) is 16.1 Å². The van der Waals surface area contributed by atoms with Crippen molar-refractivity contribution in [3.63, 3.8) is 0 Å². The van der Waals surface area contributed by atoms with Crippen molar-refractivity contribution in [2.45, 2.75) is 18.7 Å². The Labute approximate surface area is 133 Å². The molecule has 0 bridgehead atoms. The lowest BCUT2D eigenvalue weighted by molar-refractivity contribution is -0.137. The molecule has 0 spiro atoms. The van der Waals surface area contributed by atoms with E-state index >= 15 is 0 Å². The number of aliphatic hydroxyl groups is 1. The zero-order chi connectivity index (χ0) is 15.6. The minimum absolute atomic E-state index is 0.0556. The molecule has 0 fully saturated rings. The van der Waals surface area contributed by atoms with E-state index in [0.717, 1.165) is 16.6 Å². The minimum atomic E-state index is -4.39. The van der Waals surface area contributed by atoms with Gasteiger partial charge >= 0.3 is 6.18 Å². The highest BCUT2D eigenvalue weighted by molar-refractivity contribution is 9.10. The maximum Gasteiger partial charge on any atom is 0.416 e. The molecule has 0 saturated carbocycles. The van der Waals surface area contributed by atoms with Crippen molar-refractivity contribution in [1.82, 2.24) is 0 Å². The fourth-order valence-corrected chi connectivity index (χ4v) is 2.60. The highest BCUT2D eigenvalue weighted by Gasteiger charge is 2.30. The second-order valence-corrected chi connectivity index (χ2v) is 5.91. The van der Waals surface area contributed by atoms with Gasteiger partial charge in [0.25, 0.3) is 0 Å². The molecule has 112 valence electrons. The van der Waals surface area contributed by atoms with Crippen LogP contribution >= 0.6 is 27.5 Å². The maximum absolute atomic E-state index is 12.7. The third-order valence-electron chi connectivity index (χ3n) is 3.00. The average Bonchev–Trinajstić information content (AvgIpc) is 2.41. The van der Waals surface area contributed by atoms with Crippen LogP contribution in [0.15, 0.2) is 46.9 Å². The lowest BCUT2D eigenvalue weighted by Gasteiger charge is -2.14. The average molecular weight is 380 g/mol. The van der Waals surface area contributed by atoms with Crippen molar-refractivity contribution in [3.05, 3.63) is 68.7 Å². The van der Waals surface area contributed by atoms with Gasteiger partial charge in [0.15, 0.2) is 0 Å². The van der Waals surface area contributed by atoms with Crippen molar-refractivity contribution >= 4 is 27.5 Å². The Morgan fingerprint density at radius 1 is 1.14 bits per heavy atom. The van der Waals surface area contributed by atoms with Gasteiger partial charge in [0.1, 0.15) is 0 Å². The van der Waals surface area contributed by atoms with Crippen LogP contribution in [0.5, 0.6) is 0 Å². The quantitative estimate of drug-likeness (QED) is 0.757. The van der Waals surface area contributed by atoms with Gasteiger partial charge in [0, 0.05) is 21.5 Å². The van der Waals surface area contributed by atoms with E-state index in [-0.39, 0.29) is 6.42 Å². The first kappa shape index (κ1) is 16.3. The Hall–Kier alpha value is -1.04. The van der Waals surface area contributed by atoms with E-state index in [2.05, 4.69) is 15.9 Å². The third-order valence-corrected chi connectivity index (χ3v) is 3.84. The number of alkyl halides is 3. The predicted molar refractivity (Wildman–Crippen MR) is 79.3 cm³/mol. The first-order valence-corrected chi connectivity index (χ1v) is 7.23. The van der Waals surface area contributed by atoms with Crippen LogP contribution in [0.2, 0.25) is 5.02 Å². The predicted octanol–water partition coefficient (Wildman–Crippen LogP) is 5.40. The molecule has 6 heteroatoms. The smallest absolute Gasteiger partial charge is 0.388 e. The van der Waals surface area contributed by atoms with Crippen LogP contribution in [0, 0.1) is 0 Å². The van der Waals surface area contributed by atoms with E-state index in [9.17, 15) is 18.3 Å². The second kappa shape index (κ2) is 6.38. The lowest BCUT2D eigenvalue weighted by atomic mass is 10.00. The van der Waals surface area contributed by atoms with Crippen LogP contribution in [0.4, 0.5) is 13.2 Å². The Morgan fingerprint density at radius 3 is 2.52 bits per heavy atom. The lowest BCUT2D eigenvalue weighted by Crippen LogP contribution is -2.07. The second-order valence-electron chi connectivity index (χ2n) is 4.58. The van der Waals surface area contributed by atoms with Crippen molar-refractivity contribution in [2.24, 2.45) is 0 Å². The summed E-state index contributed by atoms with van der Waals surface area (Å²) in [5.74, 6) is 0. The van der Waals surface area contributed by atoms with E-state index in [1.807, 2.05) is 0 Å². The van der Waals surface area contributed by atoms with Gasteiger partial charge in [-0.2, -0.15) is 13.2 Å². The molecule has 0 aliphatic rings. The van der Waals surface area contributed by atoms with E-state index in [1.165, 1.54) is 6.07 Å². The largest absolute Gasteiger partial charge is 0.416 e. The molecule has 2 aromatic carbocycles. The molecule has 0 aliphatic carbocycles.